The van der Waals surface area contributed by atoms with E-state index < -0.39 is 0 Å². The summed E-state index contributed by atoms with van der Waals surface area (Å²) < 4.78 is 2.12. The number of hydrogen-bond donors (Lipinski definition) is 2. The minimum absolute atomic E-state index is 0.160. The van der Waals surface area contributed by atoms with Crippen molar-refractivity contribution in [2.24, 2.45) is 0 Å². The lowest BCUT2D eigenvalue weighted by atomic mass is 10.1. The molecule has 1 aliphatic rings. The third kappa shape index (κ3) is 4.04. The maximum absolute atomic E-state index is 12.4. The van der Waals surface area contributed by atoms with Crippen LogP contribution in [0.4, 0.5) is 5.69 Å². The number of amides is 2. The van der Waals surface area contributed by atoms with Crippen LogP contribution in [-0.2, 0) is 24.3 Å². The van der Waals surface area contributed by atoms with Crippen molar-refractivity contribution in [2.75, 3.05) is 5.32 Å². The van der Waals surface area contributed by atoms with Crippen molar-refractivity contribution in [3.63, 3.8) is 0 Å². The van der Waals surface area contributed by atoms with Gasteiger partial charge in [0.05, 0.1) is 6.54 Å². The Morgan fingerprint density at radius 1 is 1.20 bits per heavy atom. The van der Waals surface area contributed by atoms with Gasteiger partial charge in [-0.3, -0.25) is 9.59 Å². The van der Waals surface area contributed by atoms with Gasteiger partial charge in [-0.15, -0.1) is 10.2 Å². The normalized spacial score (nSPS) is 13.7. The number of nitrogens with one attached hydrogen (secondary N) is 2. The zero-order valence-electron chi connectivity index (χ0n) is 14.6. The fraction of sp³-hybridized carbons (Fsp3) is 0.444. The number of hydrogen-bond acceptors (Lipinski definition) is 4. The predicted molar refractivity (Wildman–Crippen MR) is 94.2 cm³/mol. The van der Waals surface area contributed by atoms with Gasteiger partial charge in [-0.25, -0.2) is 0 Å². The van der Waals surface area contributed by atoms with E-state index in [1.165, 1.54) is 13.3 Å². The lowest BCUT2D eigenvalue weighted by molar-refractivity contribution is -0.114. The second kappa shape index (κ2) is 7.46. The molecule has 0 aliphatic carbocycles. The quantitative estimate of drug-likeness (QED) is 0.892. The molecule has 0 unspecified atom stereocenters. The molecule has 0 spiro atoms. The van der Waals surface area contributed by atoms with E-state index in [2.05, 4.69) is 25.4 Å². The van der Waals surface area contributed by atoms with Gasteiger partial charge in [-0.05, 0) is 37.5 Å². The van der Waals surface area contributed by atoms with Crippen LogP contribution in [0.25, 0.3) is 0 Å². The molecule has 132 valence electrons. The Balaban J connectivity index is 1.69. The number of aromatic nitrogens is 3. The highest BCUT2D eigenvalue weighted by Crippen LogP contribution is 2.17. The van der Waals surface area contributed by atoms with Gasteiger partial charge >= 0.3 is 0 Å². The van der Waals surface area contributed by atoms with Crippen molar-refractivity contribution >= 4 is 17.5 Å². The molecular formula is C18H23N5O2. The second-order valence-corrected chi connectivity index (χ2v) is 6.39. The van der Waals surface area contributed by atoms with Crippen LogP contribution in [0.1, 0.15) is 53.8 Å². The van der Waals surface area contributed by atoms with E-state index in [0.717, 1.165) is 43.0 Å². The SMILES string of the molecule is CC(=O)Nc1cc(C(=O)NCc2nnc3n2CCCCC3)ccc1C. The highest BCUT2D eigenvalue weighted by Gasteiger charge is 2.16. The number of anilines is 1. The molecule has 0 bridgehead atoms. The van der Waals surface area contributed by atoms with Gasteiger partial charge in [0.2, 0.25) is 5.91 Å². The maximum atomic E-state index is 12.4. The molecular weight excluding hydrogens is 318 g/mol. The summed E-state index contributed by atoms with van der Waals surface area (Å²) in [6, 6.07) is 5.26. The molecule has 7 heteroatoms. The van der Waals surface area contributed by atoms with E-state index in [0.29, 0.717) is 17.8 Å². The zero-order chi connectivity index (χ0) is 17.8. The van der Waals surface area contributed by atoms with Crippen LogP contribution in [0.2, 0.25) is 0 Å². The lowest BCUT2D eigenvalue weighted by Gasteiger charge is -2.11. The van der Waals surface area contributed by atoms with Crippen LogP contribution in [0, 0.1) is 6.92 Å². The average molecular weight is 341 g/mol. The van der Waals surface area contributed by atoms with Crippen LogP contribution in [0.15, 0.2) is 18.2 Å². The van der Waals surface area contributed by atoms with E-state index in [1.54, 1.807) is 12.1 Å². The van der Waals surface area contributed by atoms with Crippen LogP contribution < -0.4 is 10.6 Å². The first kappa shape index (κ1) is 17.1. The summed E-state index contributed by atoms with van der Waals surface area (Å²) >= 11 is 0. The molecule has 0 fully saturated rings. The van der Waals surface area contributed by atoms with Crippen molar-refractivity contribution in [1.29, 1.82) is 0 Å². The molecule has 1 aromatic heterocycles. The number of aryl methyl sites for hydroxylation is 2. The maximum Gasteiger partial charge on any atom is 0.251 e. The Kier molecular flexibility index (Phi) is 5.11. The van der Waals surface area contributed by atoms with Crippen molar-refractivity contribution < 1.29 is 9.59 Å². The van der Waals surface area contributed by atoms with Crippen molar-refractivity contribution in [3.05, 3.63) is 41.0 Å². The summed E-state index contributed by atoms with van der Waals surface area (Å²) in [7, 11) is 0. The number of rotatable bonds is 4. The second-order valence-electron chi connectivity index (χ2n) is 6.39. The number of carbonyl (C=O) groups excluding carboxylic acids is 2. The molecule has 2 heterocycles. The zero-order valence-corrected chi connectivity index (χ0v) is 14.6. The minimum atomic E-state index is -0.197. The Bertz CT molecular complexity index is 797. The molecule has 0 saturated carbocycles. The van der Waals surface area contributed by atoms with E-state index in [4.69, 9.17) is 0 Å². The van der Waals surface area contributed by atoms with Crippen molar-refractivity contribution in [2.45, 2.75) is 52.6 Å². The van der Waals surface area contributed by atoms with E-state index in [9.17, 15) is 9.59 Å². The van der Waals surface area contributed by atoms with Gasteiger partial charge in [0.1, 0.15) is 5.82 Å². The molecule has 2 amide bonds. The van der Waals surface area contributed by atoms with Gasteiger partial charge in [0.25, 0.3) is 5.91 Å². The Hall–Kier alpha value is -2.70. The smallest absolute Gasteiger partial charge is 0.251 e. The van der Waals surface area contributed by atoms with Crippen LogP contribution in [-0.4, -0.2) is 26.6 Å². The van der Waals surface area contributed by atoms with Gasteiger partial charge in [0, 0.05) is 31.1 Å². The monoisotopic (exact) mass is 341 g/mol. The highest BCUT2D eigenvalue weighted by atomic mass is 16.2. The molecule has 7 nitrogen and oxygen atoms in total. The number of benzene rings is 1. The third-order valence-electron chi connectivity index (χ3n) is 4.40. The predicted octanol–water partition coefficient (Wildman–Crippen LogP) is 2.20. The van der Waals surface area contributed by atoms with Gasteiger partial charge in [0.15, 0.2) is 5.82 Å². The van der Waals surface area contributed by atoms with E-state index in [-0.39, 0.29) is 11.8 Å². The number of carbonyl (C=O) groups is 2. The molecule has 25 heavy (non-hydrogen) atoms. The summed E-state index contributed by atoms with van der Waals surface area (Å²) in [5.41, 5.74) is 2.07. The van der Waals surface area contributed by atoms with Gasteiger partial charge < -0.3 is 15.2 Å². The molecule has 1 aromatic carbocycles. The summed E-state index contributed by atoms with van der Waals surface area (Å²) in [6.07, 6.45) is 4.40. The molecule has 1 aliphatic heterocycles. The summed E-state index contributed by atoms with van der Waals surface area (Å²) in [6.45, 7) is 4.58. The number of nitrogens with zero attached hydrogens (tertiary/aromatic N) is 3. The Morgan fingerprint density at radius 3 is 2.84 bits per heavy atom. The first-order valence-electron chi connectivity index (χ1n) is 8.62. The first-order valence-corrected chi connectivity index (χ1v) is 8.62. The molecule has 3 rings (SSSR count). The molecule has 0 radical (unpaired) electrons. The standard InChI is InChI=1S/C18H23N5O2/c1-12-7-8-14(10-15(12)20-13(2)24)18(25)19-11-17-22-21-16-6-4-3-5-9-23(16)17/h7-8,10H,3-6,9,11H2,1-2H3,(H,19,25)(H,20,24). The van der Waals surface area contributed by atoms with E-state index in [1.807, 2.05) is 13.0 Å². The summed E-state index contributed by atoms with van der Waals surface area (Å²) in [5, 5.41) is 14.1. The van der Waals surface area contributed by atoms with Gasteiger partial charge in [-0.2, -0.15) is 0 Å². The van der Waals surface area contributed by atoms with E-state index >= 15 is 0 Å². The fourth-order valence-electron chi connectivity index (χ4n) is 3.02. The largest absolute Gasteiger partial charge is 0.345 e. The Labute approximate surface area is 146 Å². The highest BCUT2D eigenvalue weighted by molar-refractivity contribution is 5.97. The van der Waals surface area contributed by atoms with Crippen LogP contribution >= 0.6 is 0 Å². The lowest BCUT2D eigenvalue weighted by Crippen LogP contribution is -2.25. The molecule has 0 saturated heterocycles. The average Bonchev–Trinajstić information content (AvgIpc) is 2.81. The van der Waals surface area contributed by atoms with Crippen LogP contribution in [0.5, 0.6) is 0 Å². The first-order chi connectivity index (χ1) is 12.0. The van der Waals surface area contributed by atoms with Crippen LogP contribution in [0.3, 0.4) is 0 Å². The van der Waals surface area contributed by atoms with Crippen molar-refractivity contribution in [1.82, 2.24) is 20.1 Å². The molecule has 2 aromatic rings. The summed E-state index contributed by atoms with van der Waals surface area (Å²) in [5.74, 6) is 1.44. The Morgan fingerprint density at radius 2 is 2.04 bits per heavy atom. The number of fused-ring (bicyclic) bond motifs is 1. The minimum Gasteiger partial charge on any atom is -0.345 e. The topological polar surface area (TPSA) is 88.9 Å². The van der Waals surface area contributed by atoms with Crippen molar-refractivity contribution in [3.8, 4) is 0 Å². The third-order valence-corrected chi connectivity index (χ3v) is 4.40. The fourth-order valence-corrected chi connectivity index (χ4v) is 3.02. The molecule has 0 atom stereocenters. The summed E-state index contributed by atoms with van der Waals surface area (Å²) in [4.78, 5) is 23.7. The van der Waals surface area contributed by atoms with Gasteiger partial charge in [-0.1, -0.05) is 12.5 Å². The molecule has 2 N–H and O–H groups in total.